The number of amides is 2. The Hall–Kier alpha value is -3.36. The number of aryl methyl sites for hydroxylation is 1. The number of rotatable bonds is 4. The number of halogens is 4. The molecule has 27 heavy (non-hydrogen) atoms. The number of carbonyl (C=O) groups excluding carboxylic acids is 1. The fraction of sp³-hybridized carbons (Fsp3) is 0.111. The summed E-state index contributed by atoms with van der Waals surface area (Å²) in [6.07, 6.45) is -2.86. The zero-order valence-corrected chi connectivity index (χ0v) is 14.0. The van der Waals surface area contributed by atoms with Crippen molar-refractivity contribution >= 4 is 17.5 Å². The van der Waals surface area contributed by atoms with E-state index < -0.39 is 29.8 Å². The highest BCUT2D eigenvalue weighted by atomic mass is 19.3. The number of anilines is 2. The van der Waals surface area contributed by atoms with Crippen LogP contribution in [0.5, 0.6) is 0 Å². The summed E-state index contributed by atoms with van der Waals surface area (Å²) in [4.78, 5) is 12.2. The molecule has 3 aromatic rings. The van der Waals surface area contributed by atoms with E-state index in [-0.39, 0.29) is 16.9 Å². The molecule has 0 radical (unpaired) electrons. The summed E-state index contributed by atoms with van der Waals surface area (Å²) in [7, 11) is 1.32. The minimum absolute atomic E-state index is 0.0123. The van der Waals surface area contributed by atoms with Crippen molar-refractivity contribution < 1.29 is 22.4 Å². The van der Waals surface area contributed by atoms with Crippen LogP contribution in [0.1, 0.15) is 12.1 Å². The van der Waals surface area contributed by atoms with Gasteiger partial charge in [-0.1, -0.05) is 12.1 Å². The van der Waals surface area contributed by atoms with Crippen molar-refractivity contribution in [2.75, 3.05) is 10.6 Å². The zero-order chi connectivity index (χ0) is 19.6. The molecule has 0 aliphatic carbocycles. The van der Waals surface area contributed by atoms with Crippen LogP contribution in [0.25, 0.3) is 11.1 Å². The number of hydrogen-bond acceptors (Lipinski definition) is 2. The van der Waals surface area contributed by atoms with E-state index in [0.717, 1.165) is 28.9 Å². The highest BCUT2D eigenvalue weighted by Crippen LogP contribution is 2.36. The minimum Gasteiger partial charge on any atom is -0.308 e. The number of benzene rings is 2. The Balaban J connectivity index is 1.92. The van der Waals surface area contributed by atoms with Crippen molar-refractivity contribution in [2.45, 2.75) is 6.43 Å². The maximum Gasteiger partial charge on any atom is 0.324 e. The molecule has 0 spiro atoms. The van der Waals surface area contributed by atoms with Gasteiger partial charge >= 0.3 is 6.03 Å². The van der Waals surface area contributed by atoms with Crippen molar-refractivity contribution in [3.05, 3.63) is 65.9 Å². The van der Waals surface area contributed by atoms with E-state index >= 15 is 0 Å². The van der Waals surface area contributed by atoms with Gasteiger partial charge in [-0.2, -0.15) is 5.10 Å². The summed E-state index contributed by atoms with van der Waals surface area (Å²) in [5.74, 6) is -1.10. The normalized spacial score (nSPS) is 10.9. The molecule has 0 atom stereocenters. The molecule has 9 heteroatoms. The first-order chi connectivity index (χ1) is 12.8. The van der Waals surface area contributed by atoms with Crippen molar-refractivity contribution in [3.63, 3.8) is 0 Å². The lowest BCUT2D eigenvalue weighted by Gasteiger charge is -2.09. The highest BCUT2D eigenvalue weighted by Gasteiger charge is 2.25. The maximum absolute atomic E-state index is 13.5. The van der Waals surface area contributed by atoms with E-state index in [0.29, 0.717) is 5.69 Å². The molecule has 140 valence electrons. The van der Waals surface area contributed by atoms with Crippen LogP contribution in [0.15, 0.2) is 48.5 Å². The van der Waals surface area contributed by atoms with Gasteiger partial charge in [0.25, 0.3) is 6.43 Å². The maximum atomic E-state index is 13.5. The van der Waals surface area contributed by atoms with Gasteiger partial charge in [0.15, 0.2) is 5.82 Å². The van der Waals surface area contributed by atoms with E-state index in [1.54, 1.807) is 0 Å². The number of nitrogens with one attached hydrogen (secondary N) is 2. The monoisotopic (exact) mass is 378 g/mol. The van der Waals surface area contributed by atoms with Crippen molar-refractivity contribution in [1.82, 2.24) is 9.78 Å². The molecule has 0 saturated heterocycles. The van der Waals surface area contributed by atoms with E-state index in [2.05, 4.69) is 15.7 Å². The molecule has 0 aliphatic rings. The first-order valence-electron chi connectivity index (χ1n) is 7.79. The van der Waals surface area contributed by atoms with E-state index in [4.69, 9.17) is 0 Å². The van der Waals surface area contributed by atoms with Crippen LogP contribution in [0, 0.1) is 11.6 Å². The van der Waals surface area contributed by atoms with Gasteiger partial charge in [0, 0.05) is 12.7 Å². The van der Waals surface area contributed by atoms with Crippen LogP contribution in [0.2, 0.25) is 0 Å². The summed E-state index contributed by atoms with van der Waals surface area (Å²) < 4.78 is 54.0. The number of hydrogen-bond donors (Lipinski definition) is 2. The summed E-state index contributed by atoms with van der Waals surface area (Å²) in [6.45, 7) is 0. The van der Waals surface area contributed by atoms with E-state index in [1.165, 1.54) is 31.3 Å². The molecular formula is C18H14F4N4O. The van der Waals surface area contributed by atoms with Crippen LogP contribution in [-0.2, 0) is 7.05 Å². The van der Waals surface area contributed by atoms with Crippen molar-refractivity contribution in [1.29, 1.82) is 0 Å². The lowest BCUT2D eigenvalue weighted by atomic mass is 10.1. The fourth-order valence-corrected chi connectivity index (χ4v) is 2.58. The van der Waals surface area contributed by atoms with E-state index in [1.807, 2.05) is 0 Å². The first kappa shape index (κ1) is 18.4. The lowest BCUT2D eigenvalue weighted by Crippen LogP contribution is -2.20. The molecule has 0 unspecified atom stereocenters. The second kappa shape index (κ2) is 7.48. The SMILES string of the molecule is Cn1nc(NC(=O)Nc2ccc(F)cc2)c(-c2ccc(F)cc2)c1C(F)F. The molecule has 5 nitrogen and oxygen atoms in total. The quantitative estimate of drug-likeness (QED) is 0.632. The van der Waals surface area contributed by atoms with Gasteiger partial charge in [-0.25, -0.2) is 22.4 Å². The molecular weight excluding hydrogens is 364 g/mol. The van der Waals surface area contributed by atoms with Crippen LogP contribution >= 0.6 is 0 Å². The third-order valence-corrected chi connectivity index (χ3v) is 3.77. The third-order valence-electron chi connectivity index (χ3n) is 3.77. The third kappa shape index (κ3) is 4.08. The minimum atomic E-state index is -2.86. The molecule has 3 rings (SSSR count). The Kier molecular flexibility index (Phi) is 5.11. The number of alkyl halides is 2. The average Bonchev–Trinajstić information content (AvgIpc) is 2.93. The molecule has 2 aromatic carbocycles. The molecule has 0 aliphatic heterocycles. The fourth-order valence-electron chi connectivity index (χ4n) is 2.58. The second-order valence-electron chi connectivity index (χ2n) is 5.63. The lowest BCUT2D eigenvalue weighted by molar-refractivity contribution is 0.141. The number of urea groups is 1. The van der Waals surface area contributed by atoms with Gasteiger partial charge in [0.05, 0.1) is 5.56 Å². The second-order valence-corrected chi connectivity index (χ2v) is 5.63. The molecule has 1 aromatic heterocycles. The number of carbonyl (C=O) groups is 1. The van der Waals surface area contributed by atoms with E-state index in [9.17, 15) is 22.4 Å². The van der Waals surface area contributed by atoms with Gasteiger partial charge in [-0.05, 0) is 42.0 Å². The summed E-state index contributed by atoms with van der Waals surface area (Å²) in [5, 5.41) is 8.79. The Bertz CT molecular complexity index is 953. The summed E-state index contributed by atoms with van der Waals surface area (Å²) in [6, 6.07) is 9.16. The van der Waals surface area contributed by atoms with Crippen LogP contribution in [0.3, 0.4) is 0 Å². The molecule has 2 amide bonds. The Morgan fingerprint density at radius 3 is 2.07 bits per heavy atom. The smallest absolute Gasteiger partial charge is 0.308 e. The van der Waals surface area contributed by atoms with Gasteiger partial charge in [-0.15, -0.1) is 0 Å². The Labute approximate surface area is 151 Å². The Morgan fingerprint density at radius 2 is 1.52 bits per heavy atom. The molecule has 0 bridgehead atoms. The van der Waals surface area contributed by atoms with Gasteiger partial charge < -0.3 is 5.32 Å². The van der Waals surface area contributed by atoms with Crippen LogP contribution in [0.4, 0.5) is 33.9 Å². The zero-order valence-electron chi connectivity index (χ0n) is 14.0. The number of aromatic nitrogens is 2. The highest BCUT2D eigenvalue weighted by molar-refractivity contribution is 6.01. The topological polar surface area (TPSA) is 59.0 Å². The molecule has 1 heterocycles. The van der Waals surface area contributed by atoms with Gasteiger partial charge in [0.1, 0.15) is 17.3 Å². The summed E-state index contributed by atoms with van der Waals surface area (Å²) >= 11 is 0. The van der Waals surface area contributed by atoms with Crippen molar-refractivity contribution in [2.24, 2.45) is 7.05 Å². The predicted octanol–water partition coefficient (Wildman–Crippen LogP) is 4.95. The standard InChI is InChI=1S/C18H14F4N4O/c1-26-15(16(21)22)14(10-2-4-11(19)5-3-10)17(25-26)24-18(27)23-13-8-6-12(20)7-9-13/h2-9,16H,1H3,(H2,23,24,25,27). The molecule has 0 fully saturated rings. The van der Waals surface area contributed by atoms with Crippen LogP contribution in [-0.4, -0.2) is 15.8 Å². The van der Waals surface area contributed by atoms with Gasteiger partial charge in [-0.3, -0.25) is 10.00 Å². The molecule has 0 saturated carbocycles. The Morgan fingerprint density at radius 1 is 0.963 bits per heavy atom. The molecule has 2 N–H and O–H groups in total. The largest absolute Gasteiger partial charge is 0.324 e. The van der Waals surface area contributed by atoms with Crippen LogP contribution < -0.4 is 10.6 Å². The van der Waals surface area contributed by atoms with Crippen molar-refractivity contribution in [3.8, 4) is 11.1 Å². The first-order valence-corrected chi connectivity index (χ1v) is 7.79. The van der Waals surface area contributed by atoms with Gasteiger partial charge in [0.2, 0.25) is 0 Å². The average molecular weight is 378 g/mol. The summed E-state index contributed by atoms with van der Waals surface area (Å²) in [5.41, 5.74) is 0.152. The number of nitrogens with zero attached hydrogens (tertiary/aromatic N) is 2. The predicted molar refractivity (Wildman–Crippen MR) is 92.6 cm³/mol.